The summed E-state index contributed by atoms with van der Waals surface area (Å²) in [5.74, 6) is -0.725. The minimum atomic E-state index is -0.268. The molecule has 6 heteroatoms. The highest BCUT2D eigenvalue weighted by Crippen LogP contribution is 2.39. The number of benzene rings is 1. The molecule has 0 bridgehead atoms. The van der Waals surface area contributed by atoms with Gasteiger partial charge in [0, 0.05) is 18.8 Å². The molecular weight excluding hydrogens is 294 g/mol. The molecule has 1 aliphatic heterocycles. The smallest absolute Gasteiger partial charge is 0.228 e. The largest absolute Gasteiger partial charge is 0.376 e. The lowest BCUT2D eigenvalue weighted by Crippen LogP contribution is -2.33. The number of carbonyl (C=O) groups excluding carboxylic acids is 2. The summed E-state index contributed by atoms with van der Waals surface area (Å²) < 4.78 is 5.46. The molecule has 1 saturated carbocycles. The molecule has 3 rings (SSSR count). The Bertz CT molecular complexity index is 629. The van der Waals surface area contributed by atoms with Crippen LogP contribution in [0.3, 0.4) is 0 Å². The summed E-state index contributed by atoms with van der Waals surface area (Å²) in [7, 11) is 0. The summed E-state index contributed by atoms with van der Waals surface area (Å²) >= 11 is 0. The van der Waals surface area contributed by atoms with Gasteiger partial charge in [-0.2, -0.15) is 5.26 Å². The van der Waals surface area contributed by atoms with E-state index in [1.165, 1.54) is 0 Å². The minimum absolute atomic E-state index is 0.0690. The highest BCUT2D eigenvalue weighted by molar-refractivity contribution is 5.99. The van der Waals surface area contributed by atoms with Gasteiger partial charge in [0.25, 0.3) is 0 Å². The summed E-state index contributed by atoms with van der Waals surface area (Å²) in [6.45, 7) is 1.29. The molecule has 1 aromatic carbocycles. The van der Waals surface area contributed by atoms with E-state index in [0.717, 1.165) is 19.4 Å². The third-order valence-electron chi connectivity index (χ3n) is 4.27. The zero-order valence-electron chi connectivity index (χ0n) is 12.7. The minimum Gasteiger partial charge on any atom is -0.376 e. The molecule has 1 aromatic rings. The van der Waals surface area contributed by atoms with E-state index in [2.05, 4.69) is 10.6 Å². The number of ether oxygens (including phenoxy) is 1. The number of amides is 2. The van der Waals surface area contributed by atoms with E-state index in [4.69, 9.17) is 10.00 Å². The van der Waals surface area contributed by atoms with Gasteiger partial charge in [0.05, 0.1) is 29.6 Å². The van der Waals surface area contributed by atoms with Gasteiger partial charge in [-0.1, -0.05) is 0 Å². The van der Waals surface area contributed by atoms with Crippen molar-refractivity contribution in [2.24, 2.45) is 11.8 Å². The van der Waals surface area contributed by atoms with Gasteiger partial charge in [-0.15, -0.1) is 0 Å². The Labute approximate surface area is 134 Å². The van der Waals surface area contributed by atoms with E-state index in [9.17, 15) is 9.59 Å². The first-order valence-corrected chi connectivity index (χ1v) is 7.87. The first-order chi connectivity index (χ1) is 11.2. The average molecular weight is 313 g/mol. The lowest BCUT2D eigenvalue weighted by atomic mass is 10.2. The van der Waals surface area contributed by atoms with Crippen LogP contribution in [0, 0.1) is 23.2 Å². The lowest BCUT2D eigenvalue weighted by molar-refractivity contribution is -0.125. The van der Waals surface area contributed by atoms with E-state index in [1.54, 1.807) is 24.3 Å². The van der Waals surface area contributed by atoms with Crippen molar-refractivity contribution in [1.82, 2.24) is 5.32 Å². The number of hydrogen-bond acceptors (Lipinski definition) is 4. The first-order valence-electron chi connectivity index (χ1n) is 7.87. The van der Waals surface area contributed by atoms with Crippen LogP contribution in [0.5, 0.6) is 0 Å². The molecule has 2 N–H and O–H groups in total. The van der Waals surface area contributed by atoms with Crippen molar-refractivity contribution < 1.29 is 14.3 Å². The Kier molecular flexibility index (Phi) is 4.58. The van der Waals surface area contributed by atoms with Crippen LogP contribution in [0.15, 0.2) is 24.3 Å². The van der Waals surface area contributed by atoms with Crippen LogP contribution in [0.2, 0.25) is 0 Å². The number of nitrogens with zero attached hydrogens (tertiary/aromatic N) is 1. The van der Waals surface area contributed by atoms with E-state index in [0.29, 0.717) is 24.2 Å². The zero-order valence-corrected chi connectivity index (χ0v) is 12.7. The van der Waals surface area contributed by atoms with Crippen LogP contribution in [0.25, 0.3) is 0 Å². The fraction of sp³-hybridized carbons (Fsp3) is 0.471. The Morgan fingerprint density at radius 2 is 1.96 bits per heavy atom. The third-order valence-corrected chi connectivity index (χ3v) is 4.27. The van der Waals surface area contributed by atoms with Crippen molar-refractivity contribution in [1.29, 1.82) is 5.26 Å². The van der Waals surface area contributed by atoms with E-state index < -0.39 is 0 Å². The van der Waals surface area contributed by atoms with Gasteiger partial charge in [-0.3, -0.25) is 9.59 Å². The first kappa shape index (κ1) is 15.5. The van der Waals surface area contributed by atoms with E-state index in [1.807, 2.05) is 6.07 Å². The van der Waals surface area contributed by atoms with Gasteiger partial charge in [0.1, 0.15) is 0 Å². The SMILES string of the molecule is N#Cc1ccc(NC(=O)C2CC2C(=O)NCC2CCCO2)cc1. The summed E-state index contributed by atoms with van der Waals surface area (Å²) in [5.41, 5.74) is 1.18. The van der Waals surface area contributed by atoms with Crippen LogP contribution in [0.4, 0.5) is 5.69 Å². The summed E-state index contributed by atoms with van der Waals surface area (Å²) in [5, 5.41) is 14.4. The maximum Gasteiger partial charge on any atom is 0.228 e. The van der Waals surface area contributed by atoms with Crippen LogP contribution < -0.4 is 10.6 Å². The number of hydrogen-bond donors (Lipinski definition) is 2. The molecule has 0 spiro atoms. The third kappa shape index (κ3) is 3.88. The molecule has 0 radical (unpaired) electrons. The zero-order chi connectivity index (χ0) is 16.2. The standard InChI is InChI=1S/C17H19N3O3/c18-9-11-3-5-12(6-4-11)20-17(22)15-8-14(15)16(21)19-10-13-2-1-7-23-13/h3-6,13-15H,1-2,7-8,10H2,(H,19,21)(H,20,22). The van der Waals surface area contributed by atoms with Gasteiger partial charge >= 0.3 is 0 Å². The summed E-state index contributed by atoms with van der Waals surface area (Å²) in [6.07, 6.45) is 2.72. The quantitative estimate of drug-likeness (QED) is 0.860. The van der Waals surface area contributed by atoms with Gasteiger partial charge in [0.15, 0.2) is 0 Å². The maximum atomic E-state index is 12.1. The van der Waals surface area contributed by atoms with Gasteiger partial charge in [-0.25, -0.2) is 0 Å². The summed E-state index contributed by atoms with van der Waals surface area (Å²) in [6, 6.07) is 8.69. The molecule has 3 unspecified atom stereocenters. The predicted molar refractivity (Wildman–Crippen MR) is 83.4 cm³/mol. The predicted octanol–water partition coefficient (Wildman–Crippen LogP) is 1.43. The van der Waals surface area contributed by atoms with Crippen LogP contribution >= 0.6 is 0 Å². The molecule has 0 aromatic heterocycles. The van der Waals surface area contributed by atoms with Gasteiger partial charge in [-0.05, 0) is 43.5 Å². The van der Waals surface area contributed by atoms with Crippen LogP contribution in [0.1, 0.15) is 24.8 Å². The Morgan fingerprint density at radius 1 is 1.22 bits per heavy atom. The molecule has 1 heterocycles. The average Bonchev–Trinajstić information content (AvgIpc) is 3.21. The van der Waals surface area contributed by atoms with Crippen molar-refractivity contribution in [3.8, 4) is 6.07 Å². The van der Waals surface area contributed by atoms with E-state index >= 15 is 0 Å². The van der Waals surface area contributed by atoms with Gasteiger partial charge in [0.2, 0.25) is 11.8 Å². The lowest BCUT2D eigenvalue weighted by Gasteiger charge is -2.10. The molecule has 2 amide bonds. The molecule has 2 aliphatic rings. The van der Waals surface area contributed by atoms with Crippen molar-refractivity contribution in [3.63, 3.8) is 0 Å². The van der Waals surface area contributed by atoms with Crippen LogP contribution in [-0.2, 0) is 14.3 Å². The highest BCUT2D eigenvalue weighted by Gasteiger charge is 2.48. The Balaban J connectivity index is 1.44. The van der Waals surface area contributed by atoms with Crippen molar-refractivity contribution in [3.05, 3.63) is 29.8 Å². The highest BCUT2D eigenvalue weighted by atomic mass is 16.5. The second-order valence-electron chi connectivity index (χ2n) is 6.01. The van der Waals surface area contributed by atoms with E-state index in [-0.39, 0.29) is 29.8 Å². The molecule has 23 heavy (non-hydrogen) atoms. The molecular formula is C17H19N3O3. The molecule has 120 valence electrons. The Hall–Kier alpha value is -2.39. The molecule has 1 saturated heterocycles. The molecule has 1 aliphatic carbocycles. The van der Waals surface area contributed by atoms with Crippen molar-refractivity contribution in [2.75, 3.05) is 18.5 Å². The normalized spacial score (nSPS) is 25.4. The maximum absolute atomic E-state index is 12.1. The van der Waals surface area contributed by atoms with Crippen LogP contribution in [-0.4, -0.2) is 31.1 Å². The number of anilines is 1. The molecule has 6 nitrogen and oxygen atoms in total. The van der Waals surface area contributed by atoms with Gasteiger partial charge < -0.3 is 15.4 Å². The summed E-state index contributed by atoms with van der Waals surface area (Å²) in [4.78, 5) is 24.2. The fourth-order valence-corrected chi connectivity index (χ4v) is 2.79. The van der Waals surface area contributed by atoms with Crippen molar-refractivity contribution >= 4 is 17.5 Å². The molecule has 3 atom stereocenters. The topological polar surface area (TPSA) is 91.2 Å². The number of nitrogens with one attached hydrogen (secondary N) is 2. The number of nitriles is 1. The second kappa shape index (κ2) is 6.80. The fourth-order valence-electron chi connectivity index (χ4n) is 2.79. The monoisotopic (exact) mass is 313 g/mol. The second-order valence-corrected chi connectivity index (χ2v) is 6.01. The number of carbonyl (C=O) groups is 2. The number of rotatable bonds is 5. The van der Waals surface area contributed by atoms with Crippen molar-refractivity contribution in [2.45, 2.75) is 25.4 Å². The molecule has 2 fully saturated rings. The Morgan fingerprint density at radius 3 is 2.61 bits per heavy atom.